The molecule has 1 N–H and O–H groups in total. The van der Waals surface area contributed by atoms with E-state index in [-0.39, 0.29) is 5.91 Å². The second kappa shape index (κ2) is 5.52. The SMILES string of the molecule is CCNC1CCN(C(=O)c2cnn(C)c2)CC1C. The number of carbonyl (C=O) groups is 1. The van der Waals surface area contributed by atoms with Crippen molar-refractivity contribution >= 4 is 5.91 Å². The Bertz CT molecular complexity index is 415. The second-order valence-corrected chi connectivity index (χ2v) is 5.08. The Morgan fingerprint density at radius 1 is 1.61 bits per heavy atom. The molecule has 1 aliphatic rings. The molecule has 2 unspecified atom stereocenters. The number of carbonyl (C=O) groups excluding carboxylic acids is 1. The Morgan fingerprint density at radius 2 is 2.39 bits per heavy atom. The molecule has 1 aromatic rings. The van der Waals surface area contributed by atoms with Gasteiger partial charge in [0, 0.05) is 32.4 Å². The molecule has 0 radical (unpaired) electrons. The first-order valence-electron chi connectivity index (χ1n) is 6.63. The summed E-state index contributed by atoms with van der Waals surface area (Å²) in [6, 6.07) is 0.535. The van der Waals surface area contributed by atoms with E-state index < -0.39 is 0 Å². The maximum absolute atomic E-state index is 12.3. The fourth-order valence-corrected chi connectivity index (χ4v) is 2.61. The number of aromatic nitrogens is 2. The molecule has 0 saturated carbocycles. The molecule has 1 aromatic heterocycles. The van der Waals surface area contributed by atoms with Gasteiger partial charge in [-0.1, -0.05) is 13.8 Å². The fourth-order valence-electron chi connectivity index (χ4n) is 2.61. The molecule has 0 aliphatic carbocycles. The minimum Gasteiger partial charge on any atom is -0.338 e. The van der Waals surface area contributed by atoms with Crippen LogP contribution >= 0.6 is 0 Å². The smallest absolute Gasteiger partial charge is 0.257 e. The molecule has 1 saturated heterocycles. The van der Waals surface area contributed by atoms with Gasteiger partial charge in [-0.15, -0.1) is 0 Å². The maximum Gasteiger partial charge on any atom is 0.257 e. The number of aryl methyl sites for hydroxylation is 1. The van der Waals surface area contributed by atoms with Crippen LogP contribution < -0.4 is 5.32 Å². The third-order valence-electron chi connectivity index (χ3n) is 3.61. The number of nitrogens with one attached hydrogen (secondary N) is 1. The maximum atomic E-state index is 12.3. The van der Waals surface area contributed by atoms with Crippen LogP contribution in [-0.2, 0) is 7.05 Å². The highest BCUT2D eigenvalue weighted by Gasteiger charge is 2.28. The second-order valence-electron chi connectivity index (χ2n) is 5.08. The quantitative estimate of drug-likeness (QED) is 0.866. The summed E-state index contributed by atoms with van der Waals surface area (Å²) in [4.78, 5) is 14.2. The standard InChI is InChI=1S/C13H22N4O/c1-4-14-12-5-6-17(8-10(12)2)13(18)11-7-15-16(3)9-11/h7,9-10,12,14H,4-6,8H2,1-3H3. The summed E-state index contributed by atoms with van der Waals surface area (Å²) in [5.74, 6) is 0.601. The van der Waals surface area contributed by atoms with E-state index in [9.17, 15) is 4.79 Å². The predicted molar refractivity (Wildman–Crippen MR) is 70.4 cm³/mol. The van der Waals surface area contributed by atoms with Gasteiger partial charge in [0.2, 0.25) is 0 Å². The minimum atomic E-state index is 0.102. The molecular formula is C13H22N4O. The first-order chi connectivity index (χ1) is 8.61. The van der Waals surface area contributed by atoms with Gasteiger partial charge in [0.1, 0.15) is 0 Å². The summed E-state index contributed by atoms with van der Waals surface area (Å²) in [6.45, 7) is 6.97. The number of nitrogens with zero attached hydrogens (tertiary/aromatic N) is 3. The molecule has 2 atom stereocenters. The zero-order valence-electron chi connectivity index (χ0n) is 11.4. The van der Waals surface area contributed by atoms with Gasteiger partial charge < -0.3 is 10.2 Å². The van der Waals surface area contributed by atoms with Crippen molar-refractivity contribution in [2.45, 2.75) is 26.3 Å². The summed E-state index contributed by atoms with van der Waals surface area (Å²) in [7, 11) is 1.83. The third-order valence-corrected chi connectivity index (χ3v) is 3.61. The van der Waals surface area contributed by atoms with Crippen molar-refractivity contribution in [1.82, 2.24) is 20.0 Å². The zero-order valence-corrected chi connectivity index (χ0v) is 11.4. The molecule has 2 rings (SSSR count). The monoisotopic (exact) mass is 250 g/mol. The van der Waals surface area contributed by atoms with E-state index in [0.717, 1.165) is 26.1 Å². The highest BCUT2D eigenvalue weighted by Crippen LogP contribution is 2.18. The van der Waals surface area contributed by atoms with Crippen LogP contribution in [0.1, 0.15) is 30.6 Å². The van der Waals surface area contributed by atoms with Crippen LogP contribution in [0.5, 0.6) is 0 Å². The molecule has 1 amide bonds. The van der Waals surface area contributed by atoms with Crippen LogP contribution in [0.2, 0.25) is 0 Å². The van der Waals surface area contributed by atoms with E-state index >= 15 is 0 Å². The van der Waals surface area contributed by atoms with E-state index in [1.165, 1.54) is 0 Å². The number of piperidine rings is 1. The molecule has 0 bridgehead atoms. The van der Waals surface area contributed by atoms with Crippen molar-refractivity contribution in [3.63, 3.8) is 0 Å². The average molecular weight is 250 g/mol. The summed E-state index contributed by atoms with van der Waals surface area (Å²) >= 11 is 0. The van der Waals surface area contributed by atoms with E-state index in [1.807, 2.05) is 11.9 Å². The Balaban J connectivity index is 1.98. The van der Waals surface area contributed by atoms with E-state index in [4.69, 9.17) is 0 Å². The highest BCUT2D eigenvalue weighted by atomic mass is 16.2. The molecule has 1 aliphatic heterocycles. The Hall–Kier alpha value is -1.36. The van der Waals surface area contributed by atoms with E-state index in [0.29, 0.717) is 17.5 Å². The average Bonchev–Trinajstić information content (AvgIpc) is 2.78. The van der Waals surface area contributed by atoms with Gasteiger partial charge in [0.15, 0.2) is 0 Å². The van der Waals surface area contributed by atoms with Crippen LogP contribution in [0.4, 0.5) is 0 Å². The molecule has 5 nitrogen and oxygen atoms in total. The largest absolute Gasteiger partial charge is 0.338 e. The molecular weight excluding hydrogens is 228 g/mol. The predicted octanol–water partition coefficient (Wildman–Crippen LogP) is 0.880. The first-order valence-corrected chi connectivity index (χ1v) is 6.63. The summed E-state index contributed by atoms with van der Waals surface area (Å²) in [5, 5.41) is 7.54. The van der Waals surface area contributed by atoms with Gasteiger partial charge in [-0.25, -0.2) is 0 Å². The Kier molecular flexibility index (Phi) is 4.01. The molecule has 0 spiro atoms. The number of hydrogen-bond acceptors (Lipinski definition) is 3. The Morgan fingerprint density at radius 3 is 2.94 bits per heavy atom. The Labute approximate surface area is 108 Å². The van der Waals surface area contributed by atoms with Gasteiger partial charge in [0.25, 0.3) is 5.91 Å². The number of rotatable bonds is 3. The summed E-state index contributed by atoms with van der Waals surface area (Å²) in [5.41, 5.74) is 0.687. The first kappa shape index (κ1) is 13.1. The highest BCUT2D eigenvalue weighted by molar-refractivity contribution is 5.93. The van der Waals surface area contributed by atoms with E-state index in [1.54, 1.807) is 17.1 Å². The zero-order chi connectivity index (χ0) is 13.1. The van der Waals surface area contributed by atoms with Gasteiger partial charge in [-0.2, -0.15) is 5.10 Å². The molecule has 0 aromatic carbocycles. The molecule has 18 heavy (non-hydrogen) atoms. The molecule has 2 heterocycles. The lowest BCUT2D eigenvalue weighted by Crippen LogP contribution is -2.50. The summed E-state index contributed by atoms with van der Waals surface area (Å²) < 4.78 is 1.67. The normalized spacial score (nSPS) is 24.3. The van der Waals surface area contributed by atoms with E-state index in [2.05, 4.69) is 24.3 Å². The lowest BCUT2D eigenvalue weighted by Gasteiger charge is -2.37. The van der Waals surface area contributed by atoms with Crippen LogP contribution in [0.15, 0.2) is 12.4 Å². The topological polar surface area (TPSA) is 50.2 Å². The van der Waals surface area contributed by atoms with Crippen LogP contribution in [0.25, 0.3) is 0 Å². The van der Waals surface area contributed by atoms with Crippen molar-refractivity contribution in [1.29, 1.82) is 0 Å². The van der Waals surface area contributed by atoms with Gasteiger partial charge in [-0.05, 0) is 18.9 Å². The molecule has 1 fully saturated rings. The van der Waals surface area contributed by atoms with Crippen LogP contribution in [0.3, 0.4) is 0 Å². The minimum absolute atomic E-state index is 0.102. The summed E-state index contributed by atoms with van der Waals surface area (Å²) in [6.07, 6.45) is 4.45. The van der Waals surface area contributed by atoms with Gasteiger partial charge >= 0.3 is 0 Å². The molecule has 100 valence electrons. The molecule has 5 heteroatoms. The van der Waals surface area contributed by atoms with Crippen LogP contribution in [-0.4, -0.2) is 46.3 Å². The van der Waals surface area contributed by atoms with Crippen molar-refractivity contribution < 1.29 is 4.79 Å². The third kappa shape index (κ3) is 2.72. The number of likely N-dealkylation sites (tertiary alicyclic amines) is 1. The number of hydrogen-bond donors (Lipinski definition) is 1. The fraction of sp³-hybridized carbons (Fsp3) is 0.692. The number of amides is 1. The van der Waals surface area contributed by atoms with Crippen LogP contribution in [0, 0.1) is 5.92 Å². The van der Waals surface area contributed by atoms with Gasteiger partial charge in [0.05, 0.1) is 11.8 Å². The van der Waals surface area contributed by atoms with Gasteiger partial charge in [-0.3, -0.25) is 9.48 Å². The van der Waals surface area contributed by atoms with Crippen molar-refractivity contribution in [2.24, 2.45) is 13.0 Å². The lowest BCUT2D eigenvalue weighted by molar-refractivity contribution is 0.0646. The lowest BCUT2D eigenvalue weighted by atomic mass is 9.93. The van der Waals surface area contributed by atoms with Crippen molar-refractivity contribution in [2.75, 3.05) is 19.6 Å². The van der Waals surface area contributed by atoms with Crippen molar-refractivity contribution in [3.05, 3.63) is 18.0 Å². The van der Waals surface area contributed by atoms with Crippen molar-refractivity contribution in [3.8, 4) is 0 Å².